The smallest absolute Gasteiger partial charge is 0.246 e. The Morgan fingerprint density at radius 1 is 0.976 bits per heavy atom. The molecule has 1 saturated carbocycles. The van der Waals surface area contributed by atoms with Gasteiger partial charge in [0, 0.05) is 30.9 Å². The molecule has 1 aromatic rings. The molecule has 1 aliphatic carbocycles. The van der Waals surface area contributed by atoms with Gasteiger partial charge in [-0.05, 0) is 75.8 Å². The van der Waals surface area contributed by atoms with E-state index in [0.717, 1.165) is 68.4 Å². The number of rotatable bonds is 8. The average Bonchev–Trinajstić information content (AvgIpc) is 3.59. The number of carbonyl (C=O) groups excluding carboxylic acids is 3. The third-order valence-corrected chi connectivity index (χ3v) is 10.2. The van der Waals surface area contributed by atoms with Crippen LogP contribution in [0.1, 0.15) is 75.8 Å². The van der Waals surface area contributed by atoms with Gasteiger partial charge in [-0.1, -0.05) is 50.8 Å². The largest absolute Gasteiger partial charge is 0.359 e. The zero-order valence-electron chi connectivity index (χ0n) is 24.9. The molecule has 6 atom stereocenters. The van der Waals surface area contributed by atoms with Gasteiger partial charge in [0.1, 0.15) is 11.6 Å². The van der Waals surface area contributed by atoms with E-state index in [0.29, 0.717) is 12.6 Å². The summed E-state index contributed by atoms with van der Waals surface area (Å²) in [7, 11) is 0. The van der Waals surface area contributed by atoms with Gasteiger partial charge in [-0.25, -0.2) is 0 Å². The first-order valence-electron chi connectivity index (χ1n) is 15.9. The van der Waals surface area contributed by atoms with E-state index in [-0.39, 0.29) is 23.8 Å². The van der Waals surface area contributed by atoms with Gasteiger partial charge in [0.25, 0.3) is 0 Å². The molecule has 3 saturated heterocycles. The van der Waals surface area contributed by atoms with E-state index in [2.05, 4.69) is 28.5 Å². The molecule has 3 amide bonds. The number of nitrogens with zero attached hydrogens (tertiary/aromatic N) is 2. The van der Waals surface area contributed by atoms with Gasteiger partial charge in [0.15, 0.2) is 0 Å². The number of ether oxygens (including phenoxy) is 1. The lowest BCUT2D eigenvalue weighted by atomic mass is 9.74. The lowest BCUT2D eigenvalue weighted by molar-refractivity contribution is -0.141. The summed E-state index contributed by atoms with van der Waals surface area (Å²) >= 11 is 0. The topological polar surface area (TPSA) is 91.0 Å². The number of hydrogen-bond acceptors (Lipinski definition) is 5. The highest BCUT2D eigenvalue weighted by atomic mass is 16.5. The SMILES string of the molecule is CC[C@@H]1CCCCN1CCN1C(=O)[C@@H]2[C@@H](C(=O)Nc3cc(C)cc(C)c3)[C@@H]3C=C[C@@]2(O3)[C@@H]1C(=O)NC1CCCCC1. The summed E-state index contributed by atoms with van der Waals surface area (Å²) in [5.41, 5.74) is 1.73. The number of fused-ring (bicyclic) bond motifs is 1. The highest BCUT2D eigenvalue weighted by Crippen LogP contribution is 2.55. The summed E-state index contributed by atoms with van der Waals surface area (Å²) in [6, 6.07) is 5.81. The Morgan fingerprint density at radius 3 is 2.44 bits per heavy atom. The third-order valence-electron chi connectivity index (χ3n) is 10.2. The molecule has 6 rings (SSSR count). The minimum Gasteiger partial charge on any atom is -0.359 e. The summed E-state index contributed by atoms with van der Waals surface area (Å²) in [5.74, 6) is -1.89. The quantitative estimate of drug-likeness (QED) is 0.466. The van der Waals surface area contributed by atoms with Crippen LogP contribution in [0.15, 0.2) is 30.4 Å². The first-order valence-corrected chi connectivity index (χ1v) is 15.9. The van der Waals surface area contributed by atoms with E-state index in [1.807, 2.05) is 38.1 Å². The zero-order chi connectivity index (χ0) is 28.7. The molecule has 0 unspecified atom stereocenters. The van der Waals surface area contributed by atoms with Gasteiger partial charge in [0.05, 0.1) is 17.9 Å². The Labute approximate surface area is 244 Å². The number of piperidine rings is 1. The number of hydrogen-bond donors (Lipinski definition) is 2. The van der Waals surface area contributed by atoms with Crippen LogP contribution in [0, 0.1) is 25.7 Å². The lowest BCUT2D eigenvalue weighted by Crippen LogP contribution is -2.57. The molecule has 222 valence electrons. The first kappa shape index (κ1) is 28.4. The average molecular weight is 563 g/mol. The minimum atomic E-state index is -1.11. The van der Waals surface area contributed by atoms with Crippen LogP contribution in [0.4, 0.5) is 5.69 Å². The van der Waals surface area contributed by atoms with E-state index < -0.39 is 29.6 Å². The molecule has 8 heteroatoms. The van der Waals surface area contributed by atoms with Crippen molar-refractivity contribution >= 4 is 23.4 Å². The maximum Gasteiger partial charge on any atom is 0.246 e. The normalized spacial score (nSPS) is 33.3. The van der Waals surface area contributed by atoms with E-state index in [9.17, 15) is 14.4 Å². The second-order valence-electron chi connectivity index (χ2n) is 13.0. The third kappa shape index (κ3) is 5.22. The van der Waals surface area contributed by atoms with Crippen molar-refractivity contribution in [1.29, 1.82) is 0 Å². The fourth-order valence-electron chi connectivity index (χ4n) is 8.36. The van der Waals surface area contributed by atoms with Gasteiger partial charge in [0.2, 0.25) is 17.7 Å². The Bertz CT molecular complexity index is 1190. The summed E-state index contributed by atoms with van der Waals surface area (Å²) in [6.07, 6.45) is 13.3. The molecular weight excluding hydrogens is 516 g/mol. The second-order valence-corrected chi connectivity index (χ2v) is 13.0. The fraction of sp³-hybridized carbons (Fsp3) is 0.667. The number of amides is 3. The van der Waals surface area contributed by atoms with Gasteiger partial charge in [-0.15, -0.1) is 0 Å². The number of nitrogens with one attached hydrogen (secondary N) is 2. The highest BCUT2D eigenvalue weighted by molar-refractivity contribution is 6.02. The summed E-state index contributed by atoms with van der Waals surface area (Å²) in [6.45, 7) is 8.44. The van der Waals surface area contributed by atoms with Crippen LogP contribution in [-0.4, -0.2) is 77.0 Å². The van der Waals surface area contributed by atoms with Gasteiger partial charge >= 0.3 is 0 Å². The van der Waals surface area contributed by atoms with Crippen molar-refractivity contribution in [2.45, 2.75) is 108 Å². The minimum absolute atomic E-state index is 0.126. The molecule has 41 heavy (non-hydrogen) atoms. The summed E-state index contributed by atoms with van der Waals surface area (Å²) < 4.78 is 6.55. The second kappa shape index (κ2) is 11.5. The lowest BCUT2D eigenvalue weighted by Gasteiger charge is -2.38. The van der Waals surface area contributed by atoms with Crippen LogP contribution >= 0.6 is 0 Å². The maximum absolute atomic E-state index is 14.3. The molecular formula is C33H46N4O4. The van der Waals surface area contributed by atoms with Crippen molar-refractivity contribution in [3.8, 4) is 0 Å². The van der Waals surface area contributed by atoms with Crippen molar-refractivity contribution in [3.63, 3.8) is 0 Å². The van der Waals surface area contributed by atoms with Crippen LogP contribution in [0.2, 0.25) is 0 Å². The maximum atomic E-state index is 14.3. The van der Waals surface area contributed by atoms with Gasteiger partial charge in [-0.3, -0.25) is 19.3 Å². The predicted octanol–water partition coefficient (Wildman–Crippen LogP) is 4.11. The van der Waals surface area contributed by atoms with Gasteiger partial charge < -0.3 is 20.3 Å². The standard InChI is InChI=1S/C33H46N4O4/c1-4-25-12-8-9-15-36(25)16-17-37-29(31(39)34-23-10-6-5-7-11-23)33-14-13-26(41-33)27(28(33)32(37)40)30(38)35-24-19-21(2)18-22(3)20-24/h13-14,18-20,23,25-29H,4-12,15-17H2,1-3H3,(H,34,39)(H,35,38)/t25-,26+,27+,28+,29+,33+/m1/s1. The predicted molar refractivity (Wildman–Crippen MR) is 158 cm³/mol. The fourth-order valence-corrected chi connectivity index (χ4v) is 8.36. The van der Waals surface area contributed by atoms with Crippen LogP contribution < -0.4 is 10.6 Å². The Morgan fingerprint density at radius 2 is 1.71 bits per heavy atom. The van der Waals surface area contributed by atoms with Crippen molar-refractivity contribution in [2.75, 3.05) is 25.0 Å². The van der Waals surface area contributed by atoms with Crippen LogP contribution in [0.3, 0.4) is 0 Å². The molecule has 4 fully saturated rings. The molecule has 2 N–H and O–H groups in total. The van der Waals surface area contributed by atoms with E-state index in [4.69, 9.17) is 4.74 Å². The number of aryl methyl sites for hydroxylation is 2. The van der Waals surface area contributed by atoms with Crippen LogP contribution in [0.25, 0.3) is 0 Å². The number of carbonyl (C=O) groups is 3. The molecule has 2 bridgehead atoms. The van der Waals surface area contributed by atoms with Gasteiger partial charge in [-0.2, -0.15) is 0 Å². The van der Waals surface area contributed by atoms with Crippen molar-refractivity contribution < 1.29 is 19.1 Å². The molecule has 0 aromatic heterocycles. The molecule has 4 aliphatic heterocycles. The summed E-state index contributed by atoms with van der Waals surface area (Å²) in [5, 5.41) is 6.36. The van der Waals surface area contributed by atoms with Crippen molar-refractivity contribution in [2.24, 2.45) is 11.8 Å². The molecule has 5 aliphatic rings. The number of benzene rings is 1. The highest BCUT2D eigenvalue weighted by Gasteiger charge is 2.72. The van der Waals surface area contributed by atoms with E-state index >= 15 is 0 Å². The summed E-state index contributed by atoms with van der Waals surface area (Å²) in [4.78, 5) is 46.4. The van der Waals surface area contributed by atoms with E-state index in [1.165, 1.54) is 19.3 Å². The van der Waals surface area contributed by atoms with E-state index in [1.54, 1.807) is 4.90 Å². The van der Waals surface area contributed by atoms with Crippen molar-refractivity contribution in [3.05, 3.63) is 41.5 Å². The zero-order valence-corrected chi connectivity index (χ0v) is 24.9. The Hall–Kier alpha value is -2.71. The number of anilines is 1. The molecule has 1 spiro atoms. The van der Waals surface area contributed by atoms with Crippen LogP contribution in [-0.2, 0) is 19.1 Å². The van der Waals surface area contributed by atoms with Crippen molar-refractivity contribution in [1.82, 2.24) is 15.1 Å². The molecule has 8 nitrogen and oxygen atoms in total. The molecule has 1 aromatic carbocycles. The Balaban J connectivity index is 1.27. The number of likely N-dealkylation sites (tertiary alicyclic amines) is 2. The molecule has 0 radical (unpaired) electrons. The monoisotopic (exact) mass is 562 g/mol. The first-order chi connectivity index (χ1) is 19.8. The molecule has 4 heterocycles. The van der Waals surface area contributed by atoms with Crippen LogP contribution in [0.5, 0.6) is 0 Å². The Kier molecular flexibility index (Phi) is 7.98.